The molecule has 0 bridgehead atoms. The van der Waals surface area contributed by atoms with Gasteiger partial charge in [0.2, 0.25) is 5.91 Å². The highest BCUT2D eigenvalue weighted by Crippen LogP contribution is 2.17. The lowest BCUT2D eigenvalue weighted by Crippen LogP contribution is -2.52. The Labute approximate surface area is 163 Å². The summed E-state index contributed by atoms with van der Waals surface area (Å²) in [6, 6.07) is 5.22. The quantitative estimate of drug-likeness (QED) is 0.779. The Morgan fingerprint density at radius 3 is 2.36 bits per heavy atom. The molecule has 0 aliphatic carbocycles. The molecule has 0 spiro atoms. The number of nitrogens with one attached hydrogen (secondary N) is 1. The molecule has 0 radical (unpaired) electrons. The summed E-state index contributed by atoms with van der Waals surface area (Å²) in [5, 5.41) is 3.26. The molecule has 0 saturated carbocycles. The number of halogens is 3. The largest absolute Gasteiger partial charge is 0.339 e. The third kappa shape index (κ3) is 5.89. The van der Waals surface area contributed by atoms with Crippen molar-refractivity contribution in [2.24, 2.45) is 0 Å². The topological polar surface area (TPSA) is 38.8 Å². The van der Waals surface area contributed by atoms with E-state index in [1.165, 1.54) is 6.07 Å². The molecule has 2 aliphatic rings. The first-order chi connectivity index (χ1) is 11.6. The number of carbonyl (C=O) groups excluding carboxylic acids is 1. The molecule has 1 aromatic carbocycles. The number of benzene rings is 1. The molecule has 25 heavy (non-hydrogen) atoms. The van der Waals surface area contributed by atoms with Crippen molar-refractivity contribution in [3.8, 4) is 0 Å². The van der Waals surface area contributed by atoms with E-state index in [9.17, 15) is 9.18 Å². The molecule has 2 aliphatic heterocycles. The summed E-state index contributed by atoms with van der Waals surface area (Å²) in [4.78, 5) is 18.7. The van der Waals surface area contributed by atoms with E-state index in [2.05, 4.69) is 31.0 Å². The molecule has 2 heterocycles. The first-order valence-electron chi connectivity index (χ1n) is 8.49. The van der Waals surface area contributed by atoms with Crippen molar-refractivity contribution in [1.29, 1.82) is 0 Å². The Bertz CT molecular complexity index is 578. The van der Waals surface area contributed by atoms with Gasteiger partial charge in [0.15, 0.2) is 0 Å². The summed E-state index contributed by atoms with van der Waals surface area (Å²) in [5.41, 5.74) is 0.726. The first-order valence-corrected chi connectivity index (χ1v) is 9.28. The van der Waals surface area contributed by atoms with Crippen LogP contribution in [0.25, 0.3) is 0 Å². The van der Waals surface area contributed by atoms with Crippen molar-refractivity contribution in [3.05, 3.63) is 34.1 Å². The highest BCUT2D eigenvalue weighted by Gasteiger charge is 2.23. The van der Waals surface area contributed by atoms with Crippen LogP contribution in [0.1, 0.15) is 5.56 Å². The second-order valence-corrected chi connectivity index (χ2v) is 7.33. The summed E-state index contributed by atoms with van der Waals surface area (Å²) in [6.07, 6.45) is 0. The van der Waals surface area contributed by atoms with Crippen LogP contribution in [0.2, 0.25) is 0 Å². The molecule has 3 rings (SSSR count). The fraction of sp³-hybridized carbons (Fsp3) is 0.588. The van der Waals surface area contributed by atoms with Crippen LogP contribution in [0.5, 0.6) is 0 Å². The number of carbonyl (C=O) groups is 1. The van der Waals surface area contributed by atoms with Gasteiger partial charge < -0.3 is 10.2 Å². The lowest BCUT2D eigenvalue weighted by atomic mass is 10.2. The summed E-state index contributed by atoms with van der Waals surface area (Å²) in [5.74, 6) is 0.0598. The van der Waals surface area contributed by atoms with Crippen LogP contribution in [-0.4, -0.2) is 79.5 Å². The van der Waals surface area contributed by atoms with E-state index in [0.29, 0.717) is 13.1 Å². The van der Waals surface area contributed by atoms with Crippen LogP contribution >= 0.6 is 28.3 Å². The number of amides is 1. The molecule has 140 valence electrons. The second kappa shape index (κ2) is 9.83. The van der Waals surface area contributed by atoms with E-state index in [1.807, 2.05) is 17.0 Å². The zero-order valence-electron chi connectivity index (χ0n) is 14.2. The van der Waals surface area contributed by atoms with Crippen molar-refractivity contribution in [3.63, 3.8) is 0 Å². The summed E-state index contributed by atoms with van der Waals surface area (Å²) in [7, 11) is 0. The maximum absolute atomic E-state index is 13.9. The fourth-order valence-electron chi connectivity index (χ4n) is 3.20. The van der Waals surface area contributed by atoms with Gasteiger partial charge in [-0.3, -0.25) is 14.6 Å². The van der Waals surface area contributed by atoms with Crippen LogP contribution in [0.3, 0.4) is 0 Å². The Hall–Kier alpha value is -0.730. The van der Waals surface area contributed by atoms with E-state index in [0.717, 1.165) is 62.4 Å². The molecule has 5 nitrogen and oxygen atoms in total. The van der Waals surface area contributed by atoms with Crippen molar-refractivity contribution >= 4 is 34.2 Å². The van der Waals surface area contributed by atoms with Gasteiger partial charge in [0.1, 0.15) is 5.82 Å². The molecule has 1 amide bonds. The van der Waals surface area contributed by atoms with E-state index in [4.69, 9.17) is 0 Å². The van der Waals surface area contributed by atoms with Gasteiger partial charge in [0.05, 0.1) is 6.54 Å². The highest BCUT2D eigenvalue weighted by atomic mass is 79.9. The van der Waals surface area contributed by atoms with Gasteiger partial charge in [-0.05, 0) is 12.1 Å². The third-order valence-corrected chi connectivity index (χ3v) is 5.20. The number of nitrogens with zero attached hydrogens (tertiary/aromatic N) is 3. The van der Waals surface area contributed by atoms with Gasteiger partial charge in [-0.2, -0.15) is 0 Å². The van der Waals surface area contributed by atoms with Crippen LogP contribution in [0.15, 0.2) is 22.7 Å². The molecule has 1 aromatic rings. The maximum Gasteiger partial charge on any atom is 0.236 e. The summed E-state index contributed by atoms with van der Waals surface area (Å²) < 4.78 is 14.7. The fourth-order valence-corrected chi connectivity index (χ4v) is 3.54. The number of piperazine rings is 2. The van der Waals surface area contributed by atoms with E-state index < -0.39 is 0 Å². The molecule has 0 atom stereocenters. The average molecular weight is 436 g/mol. The predicted molar refractivity (Wildman–Crippen MR) is 103 cm³/mol. The Kier molecular flexibility index (Phi) is 8.09. The Morgan fingerprint density at radius 1 is 1.08 bits per heavy atom. The first kappa shape index (κ1) is 20.6. The van der Waals surface area contributed by atoms with Crippen LogP contribution in [-0.2, 0) is 11.3 Å². The second-order valence-electron chi connectivity index (χ2n) is 6.42. The van der Waals surface area contributed by atoms with Gasteiger partial charge in [0.25, 0.3) is 0 Å². The minimum Gasteiger partial charge on any atom is -0.339 e. The lowest BCUT2D eigenvalue weighted by Gasteiger charge is -2.36. The van der Waals surface area contributed by atoms with Crippen LogP contribution in [0.4, 0.5) is 4.39 Å². The monoisotopic (exact) mass is 434 g/mol. The third-order valence-electron chi connectivity index (χ3n) is 4.70. The molecule has 0 unspecified atom stereocenters. The van der Waals surface area contributed by atoms with E-state index >= 15 is 0 Å². The smallest absolute Gasteiger partial charge is 0.236 e. The number of hydrogen-bond acceptors (Lipinski definition) is 4. The average Bonchev–Trinajstić information content (AvgIpc) is 2.60. The highest BCUT2D eigenvalue weighted by molar-refractivity contribution is 9.10. The normalized spacial score (nSPS) is 19.5. The minimum absolute atomic E-state index is 0. The Balaban J connectivity index is 0.00000225. The van der Waals surface area contributed by atoms with Crippen molar-refractivity contribution in [2.75, 3.05) is 58.9 Å². The van der Waals surface area contributed by atoms with Crippen molar-refractivity contribution in [2.45, 2.75) is 6.54 Å². The Morgan fingerprint density at radius 2 is 1.72 bits per heavy atom. The molecule has 0 aromatic heterocycles. The van der Waals surface area contributed by atoms with Gasteiger partial charge in [-0.25, -0.2) is 4.39 Å². The molecule has 8 heteroatoms. The SMILES string of the molecule is Cl.O=C(CN1CCN(Cc2ccc(Br)cc2F)CC1)N1CCNCC1. The molecular weight excluding hydrogens is 411 g/mol. The van der Waals surface area contributed by atoms with Gasteiger partial charge >= 0.3 is 0 Å². The van der Waals surface area contributed by atoms with Gasteiger partial charge in [0, 0.05) is 68.9 Å². The zero-order valence-corrected chi connectivity index (χ0v) is 16.6. The molecular formula is C17H25BrClFN4O. The molecule has 2 fully saturated rings. The zero-order chi connectivity index (χ0) is 16.9. The van der Waals surface area contributed by atoms with E-state index in [1.54, 1.807) is 0 Å². The summed E-state index contributed by atoms with van der Waals surface area (Å²) in [6.45, 7) is 7.96. The van der Waals surface area contributed by atoms with E-state index in [-0.39, 0.29) is 24.1 Å². The van der Waals surface area contributed by atoms with Gasteiger partial charge in [-0.1, -0.05) is 22.0 Å². The standard InChI is InChI=1S/C17H24BrFN4O.ClH/c18-15-2-1-14(16(19)11-15)12-21-7-9-22(10-8-21)13-17(24)23-5-3-20-4-6-23;/h1-2,11,20H,3-10,12-13H2;1H. The predicted octanol–water partition coefficient (Wildman–Crippen LogP) is 1.56. The van der Waals surface area contributed by atoms with Crippen molar-refractivity contribution < 1.29 is 9.18 Å². The van der Waals surface area contributed by atoms with Crippen LogP contribution in [0, 0.1) is 5.82 Å². The number of rotatable bonds is 4. The van der Waals surface area contributed by atoms with Gasteiger partial charge in [-0.15, -0.1) is 12.4 Å². The molecule has 1 N–H and O–H groups in total. The minimum atomic E-state index is -0.166. The lowest BCUT2D eigenvalue weighted by molar-refractivity contribution is -0.133. The number of hydrogen-bond donors (Lipinski definition) is 1. The maximum atomic E-state index is 13.9. The molecule has 2 saturated heterocycles. The van der Waals surface area contributed by atoms with Crippen LogP contribution < -0.4 is 5.32 Å². The van der Waals surface area contributed by atoms with Crippen molar-refractivity contribution in [1.82, 2.24) is 20.0 Å². The summed E-state index contributed by atoms with van der Waals surface area (Å²) >= 11 is 3.28.